The zero-order valence-corrected chi connectivity index (χ0v) is 12.3. The van der Waals surface area contributed by atoms with Crippen LogP contribution < -0.4 is 0 Å². The normalized spacial score (nSPS) is 12.5. The lowest BCUT2D eigenvalue weighted by atomic mass is 10.0. The molecule has 0 unspecified atom stereocenters. The first kappa shape index (κ1) is 14.0. The van der Waals surface area contributed by atoms with Crippen LogP contribution in [0.1, 0.15) is 29.5 Å². The third-order valence-corrected chi connectivity index (χ3v) is 3.40. The Bertz CT molecular complexity index is 828. The molecule has 0 saturated carbocycles. The smallest absolute Gasteiger partial charge is 0.0405 e. The SMILES string of the molecule is C(#Cc1ccccc1C#Cc1ccccc1)C1=CCC=CC1. The molecular weight excluding hydrogens is 264 g/mol. The largest absolute Gasteiger partial charge is 0.0844 e. The van der Waals surface area contributed by atoms with Crippen LogP contribution in [0.4, 0.5) is 0 Å². The summed E-state index contributed by atoms with van der Waals surface area (Å²) in [5, 5.41) is 0. The fourth-order valence-electron chi connectivity index (χ4n) is 2.21. The second kappa shape index (κ2) is 7.16. The molecule has 1 aliphatic rings. The summed E-state index contributed by atoms with van der Waals surface area (Å²) in [4.78, 5) is 0. The van der Waals surface area contributed by atoms with Crippen LogP contribution in [0.3, 0.4) is 0 Å². The Hall–Kier alpha value is -2.96. The van der Waals surface area contributed by atoms with Crippen LogP contribution in [0.25, 0.3) is 0 Å². The van der Waals surface area contributed by atoms with Gasteiger partial charge >= 0.3 is 0 Å². The first-order valence-electron chi connectivity index (χ1n) is 7.44. The van der Waals surface area contributed by atoms with E-state index in [2.05, 4.69) is 41.9 Å². The van der Waals surface area contributed by atoms with Gasteiger partial charge in [0, 0.05) is 22.3 Å². The third-order valence-electron chi connectivity index (χ3n) is 3.40. The lowest BCUT2D eigenvalue weighted by Crippen LogP contribution is -1.85. The van der Waals surface area contributed by atoms with Crippen molar-refractivity contribution >= 4 is 0 Å². The van der Waals surface area contributed by atoms with Crippen molar-refractivity contribution in [1.82, 2.24) is 0 Å². The zero-order chi connectivity index (χ0) is 15.0. The molecule has 0 aliphatic heterocycles. The average Bonchev–Trinajstić information content (AvgIpc) is 2.61. The third kappa shape index (κ3) is 3.78. The number of hydrogen-bond donors (Lipinski definition) is 0. The van der Waals surface area contributed by atoms with Gasteiger partial charge in [-0.2, -0.15) is 0 Å². The highest BCUT2D eigenvalue weighted by Crippen LogP contribution is 2.11. The summed E-state index contributed by atoms with van der Waals surface area (Å²) in [5.74, 6) is 13.0. The second-order valence-corrected chi connectivity index (χ2v) is 5.05. The molecule has 0 heteroatoms. The molecule has 0 fully saturated rings. The van der Waals surface area contributed by atoms with E-state index < -0.39 is 0 Å². The predicted molar refractivity (Wildman–Crippen MR) is 92.2 cm³/mol. The average molecular weight is 280 g/mol. The summed E-state index contributed by atoms with van der Waals surface area (Å²) in [6.45, 7) is 0. The van der Waals surface area contributed by atoms with Gasteiger partial charge in [0.25, 0.3) is 0 Å². The van der Waals surface area contributed by atoms with Crippen LogP contribution in [0.5, 0.6) is 0 Å². The highest BCUT2D eigenvalue weighted by molar-refractivity contribution is 5.54. The van der Waals surface area contributed by atoms with Crippen molar-refractivity contribution in [2.45, 2.75) is 12.8 Å². The van der Waals surface area contributed by atoms with E-state index in [1.54, 1.807) is 0 Å². The van der Waals surface area contributed by atoms with Gasteiger partial charge in [-0.1, -0.05) is 72.2 Å². The fourth-order valence-corrected chi connectivity index (χ4v) is 2.21. The lowest BCUT2D eigenvalue weighted by Gasteiger charge is -2.00. The van der Waals surface area contributed by atoms with E-state index in [0.29, 0.717) is 0 Å². The van der Waals surface area contributed by atoms with Gasteiger partial charge in [-0.15, -0.1) is 0 Å². The molecular formula is C22H16. The van der Waals surface area contributed by atoms with Gasteiger partial charge in [-0.25, -0.2) is 0 Å². The Balaban J connectivity index is 1.86. The first-order valence-corrected chi connectivity index (χ1v) is 7.44. The van der Waals surface area contributed by atoms with Crippen molar-refractivity contribution < 1.29 is 0 Å². The van der Waals surface area contributed by atoms with Crippen molar-refractivity contribution in [3.05, 3.63) is 95.1 Å². The summed E-state index contributed by atoms with van der Waals surface area (Å²) >= 11 is 0. The number of rotatable bonds is 0. The Labute approximate surface area is 132 Å². The van der Waals surface area contributed by atoms with Crippen LogP contribution in [0.15, 0.2) is 78.4 Å². The molecule has 0 amide bonds. The number of hydrogen-bond acceptors (Lipinski definition) is 0. The predicted octanol–water partition coefficient (Wildman–Crippen LogP) is 4.71. The van der Waals surface area contributed by atoms with Gasteiger partial charge in [-0.05, 0) is 37.1 Å². The standard InChI is InChI=1S/C22H16/c1-3-9-19(10-4-1)15-17-21-13-7-8-14-22(21)18-16-20-11-5-2-6-12-20/h1-5,7-10,12-14H,6,11H2. The van der Waals surface area contributed by atoms with Crippen molar-refractivity contribution in [2.75, 3.05) is 0 Å². The van der Waals surface area contributed by atoms with Gasteiger partial charge in [0.1, 0.15) is 0 Å². The molecule has 0 N–H and O–H groups in total. The number of allylic oxidation sites excluding steroid dienone is 4. The van der Waals surface area contributed by atoms with Crippen LogP contribution >= 0.6 is 0 Å². The summed E-state index contributed by atoms with van der Waals surface area (Å²) in [5.41, 5.74) is 4.17. The summed E-state index contributed by atoms with van der Waals surface area (Å²) in [7, 11) is 0. The maximum atomic E-state index is 3.27. The van der Waals surface area contributed by atoms with Crippen molar-refractivity contribution in [2.24, 2.45) is 0 Å². The maximum Gasteiger partial charge on any atom is 0.0405 e. The molecule has 0 spiro atoms. The molecule has 104 valence electrons. The Morgan fingerprint density at radius 2 is 1.32 bits per heavy atom. The quantitative estimate of drug-likeness (QED) is 0.484. The van der Waals surface area contributed by atoms with E-state index in [1.807, 2.05) is 54.6 Å². The van der Waals surface area contributed by atoms with Crippen molar-refractivity contribution in [1.29, 1.82) is 0 Å². The molecule has 0 heterocycles. The minimum absolute atomic E-state index is 0.935. The van der Waals surface area contributed by atoms with E-state index >= 15 is 0 Å². The lowest BCUT2D eigenvalue weighted by molar-refractivity contribution is 1.18. The van der Waals surface area contributed by atoms with Crippen molar-refractivity contribution in [3.8, 4) is 23.7 Å². The molecule has 0 nitrogen and oxygen atoms in total. The zero-order valence-electron chi connectivity index (χ0n) is 12.3. The monoisotopic (exact) mass is 280 g/mol. The molecule has 22 heavy (non-hydrogen) atoms. The minimum Gasteiger partial charge on any atom is -0.0844 e. The van der Waals surface area contributed by atoms with Crippen LogP contribution in [0, 0.1) is 23.7 Å². The van der Waals surface area contributed by atoms with E-state index in [1.165, 1.54) is 5.57 Å². The Morgan fingerprint density at radius 1 is 0.636 bits per heavy atom. The topological polar surface area (TPSA) is 0 Å². The van der Waals surface area contributed by atoms with E-state index in [0.717, 1.165) is 29.5 Å². The van der Waals surface area contributed by atoms with Gasteiger partial charge in [0.05, 0.1) is 0 Å². The highest BCUT2D eigenvalue weighted by Gasteiger charge is 1.97. The summed E-state index contributed by atoms with van der Waals surface area (Å²) < 4.78 is 0. The Kier molecular flexibility index (Phi) is 4.56. The van der Waals surface area contributed by atoms with Gasteiger partial charge < -0.3 is 0 Å². The number of benzene rings is 2. The molecule has 0 bridgehead atoms. The molecule has 3 rings (SSSR count). The minimum atomic E-state index is 0.935. The molecule has 2 aromatic carbocycles. The fraction of sp³-hybridized carbons (Fsp3) is 0.0909. The molecule has 0 radical (unpaired) electrons. The first-order chi connectivity index (χ1) is 10.9. The van der Waals surface area contributed by atoms with E-state index in [-0.39, 0.29) is 0 Å². The van der Waals surface area contributed by atoms with Gasteiger partial charge in [0.2, 0.25) is 0 Å². The summed E-state index contributed by atoms with van der Waals surface area (Å²) in [6, 6.07) is 18.1. The van der Waals surface area contributed by atoms with Crippen LogP contribution in [0.2, 0.25) is 0 Å². The van der Waals surface area contributed by atoms with Crippen LogP contribution in [-0.4, -0.2) is 0 Å². The maximum absolute atomic E-state index is 3.27. The highest BCUT2D eigenvalue weighted by atomic mass is 14.0. The molecule has 0 aromatic heterocycles. The van der Waals surface area contributed by atoms with E-state index in [4.69, 9.17) is 0 Å². The van der Waals surface area contributed by atoms with Crippen molar-refractivity contribution in [3.63, 3.8) is 0 Å². The summed E-state index contributed by atoms with van der Waals surface area (Å²) in [6.07, 6.45) is 8.45. The van der Waals surface area contributed by atoms with Gasteiger partial charge in [-0.3, -0.25) is 0 Å². The molecule has 1 aliphatic carbocycles. The molecule has 2 aromatic rings. The van der Waals surface area contributed by atoms with Gasteiger partial charge in [0.15, 0.2) is 0 Å². The van der Waals surface area contributed by atoms with Crippen LogP contribution in [-0.2, 0) is 0 Å². The second-order valence-electron chi connectivity index (χ2n) is 5.05. The van der Waals surface area contributed by atoms with E-state index in [9.17, 15) is 0 Å². The molecule has 0 atom stereocenters. The Morgan fingerprint density at radius 3 is 2.00 bits per heavy atom. The molecule has 0 saturated heterocycles.